The topological polar surface area (TPSA) is 70.2 Å². The summed E-state index contributed by atoms with van der Waals surface area (Å²) in [5.74, 6) is 0.395. The molecule has 0 radical (unpaired) electrons. The number of hydrogen-bond acceptors (Lipinski definition) is 5. The molecule has 0 unspecified atom stereocenters. The molecule has 0 saturated carbocycles. The lowest BCUT2D eigenvalue weighted by Crippen LogP contribution is -2.48. The Kier molecular flexibility index (Phi) is 7.77. The van der Waals surface area contributed by atoms with Crippen LogP contribution < -0.4 is 9.64 Å². The highest BCUT2D eigenvalue weighted by Crippen LogP contribution is 2.32. The summed E-state index contributed by atoms with van der Waals surface area (Å²) < 4.78 is 70.3. The van der Waals surface area contributed by atoms with Crippen molar-refractivity contribution in [2.45, 2.75) is 23.9 Å². The van der Waals surface area contributed by atoms with E-state index in [1.807, 2.05) is 4.90 Å². The summed E-state index contributed by atoms with van der Waals surface area (Å²) in [5.41, 5.74) is 0.392. The lowest BCUT2D eigenvalue weighted by atomic mass is 10.1. The van der Waals surface area contributed by atoms with Crippen LogP contribution in [-0.4, -0.2) is 70.9 Å². The van der Waals surface area contributed by atoms with Crippen molar-refractivity contribution in [3.8, 4) is 5.75 Å². The first-order chi connectivity index (χ1) is 15.9. The molecule has 0 atom stereocenters. The average molecular weight is 500 g/mol. The Hall–Kier alpha value is -2.79. The van der Waals surface area contributed by atoms with Gasteiger partial charge in [-0.1, -0.05) is 6.07 Å². The van der Waals surface area contributed by atoms with Gasteiger partial charge in [0.2, 0.25) is 15.9 Å². The highest BCUT2D eigenvalue weighted by atomic mass is 32.2. The number of benzene rings is 2. The third-order valence-electron chi connectivity index (χ3n) is 5.81. The third-order valence-corrected chi connectivity index (χ3v) is 7.62. The molecule has 1 aliphatic rings. The van der Waals surface area contributed by atoms with Crippen LogP contribution in [0.4, 0.5) is 18.9 Å². The number of aryl methyl sites for hydroxylation is 1. The minimum absolute atomic E-state index is 0.105. The molecule has 7 nitrogen and oxygen atoms in total. The van der Waals surface area contributed by atoms with E-state index < -0.39 is 21.8 Å². The Balaban J connectivity index is 1.62. The van der Waals surface area contributed by atoms with Crippen LogP contribution in [0.2, 0.25) is 0 Å². The van der Waals surface area contributed by atoms with Crippen LogP contribution in [0, 0.1) is 0 Å². The highest BCUT2D eigenvalue weighted by molar-refractivity contribution is 7.89. The van der Waals surface area contributed by atoms with Crippen molar-refractivity contribution in [3.05, 3.63) is 53.6 Å². The van der Waals surface area contributed by atoms with Gasteiger partial charge in [0, 0.05) is 52.4 Å². The molecule has 34 heavy (non-hydrogen) atoms. The first-order valence-corrected chi connectivity index (χ1v) is 12.2. The Labute approximate surface area is 197 Å². The molecular formula is C23H28F3N3O4S. The maximum Gasteiger partial charge on any atom is 0.416 e. The number of nitrogens with zero attached hydrogens (tertiary/aromatic N) is 3. The molecule has 1 fully saturated rings. The number of hydrogen-bond donors (Lipinski definition) is 0. The van der Waals surface area contributed by atoms with Gasteiger partial charge in [-0.3, -0.25) is 4.79 Å². The molecule has 11 heteroatoms. The van der Waals surface area contributed by atoms with Crippen LogP contribution in [0.25, 0.3) is 0 Å². The van der Waals surface area contributed by atoms with Crippen molar-refractivity contribution in [1.82, 2.24) is 9.21 Å². The maximum atomic E-state index is 13.0. The normalized spacial score (nSPS) is 15.0. The van der Waals surface area contributed by atoms with Crippen molar-refractivity contribution in [3.63, 3.8) is 0 Å². The second-order valence-corrected chi connectivity index (χ2v) is 10.3. The Morgan fingerprint density at radius 1 is 1.06 bits per heavy atom. The standard InChI is InChI=1S/C23H28F3N3O4S/c1-27(2)34(31,32)20-8-9-21(33-3)17(15-20)7-10-22(30)29-13-11-28(12-14-29)19-6-4-5-18(16-19)23(24,25)26/h4-6,8-9,15-16H,7,10-14H2,1-3H3. The van der Waals surface area contributed by atoms with Crippen LogP contribution in [0.3, 0.4) is 0 Å². The van der Waals surface area contributed by atoms with E-state index in [9.17, 15) is 26.4 Å². The number of ether oxygens (including phenoxy) is 1. The smallest absolute Gasteiger partial charge is 0.416 e. The Morgan fingerprint density at radius 3 is 2.32 bits per heavy atom. The van der Waals surface area contributed by atoms with Gasteiger partial charge in [-0.2, -0.15) is 13.2 Å². The Bertz CT molecular complexity index is 1130. The van der Waals surface area contributed by atoms with Gasteiger partial charge in [0.15, 0.2) is 0 Å². The number of sulfonamides is 1. The van der Waals surface area contributed by atoms with E-state index in [1.54, 1.807) is 17.0 Å². The molecule has 186 valence electrons. The molecule has 1 amide bonds. The number of carbonyl (C=O) groups excluding carboxylic acids is 1. The molecule has 1 saturated heterocycles. The van der Waals surface area contributed by atoms with Gasteiger partial charge in [-0.05, 0) is 48.4 Å². The zero-order valence-corrected chi connectivity index (χ0v) is 20.1. The fourth-order valence-electron chi connectivity index (χ4n) is 3.81. The van der Waals surface area contributed by atoms with Gasteiger partial charge < -0.3 is 14.5 Å². The second-order valence-electron chi connectivity index (χ2n) is 8.18. The van der Waals surface area contributed by atoms with E-state index in [4.69, 9.17) is 4.74 Å². The molecule has 0 aromatic heterocycles. The number of carbonyl (C=O) groups is 1. The van der Waals surface area contributed by atoms with Crippen molar-refractivity contribution >= 4 is 21.6 Å². The second kappa shape index (κ2) is 10.2. The summed E-state index contributed by atoms with van der Waals surface area (Å²) >= 11 is 0. The molecule has 0 spiro atoms. The average Bonchev–Trinajstić information content (AvgIpc) is 2.81. The highest BCUT2D eigenvalue weighted by Gasteiger charge is 2.31. The molecule has 0 bridgehead atoms. The van der Waals surface area contributed by atoms with Gasteiger partial charge in [0.1, 0.15) is 5.75 Å². The largest absolute Gasteiger partial charge is 0.496 e. The molecular weight excluding hydrogens is 471 g/mol. The van der Waals surface area contributed by atoms with Crippen molar-refractivity contribution < 1.29 is 31.1 Å². The molecule has 1 aliphatic heterocycles. The summed E-state index contributed by atoms with van der Waals surface area (Å²) in [6.45, 7) is 1.63. The number of halogens is 3. The lowest BCUT2D eigenvalue weighted by molar-refractivity contribution is -0.137. The molecule has 2 aromatic rings. The number of methoxy groups -OCH3 is 1. The maximum absolute atomic E-state index is 13.0. The molecule has 2 aromatic carbocycles. The predicted molar refractivity (Wildman–Crippen MR) is 122 cm³/mol. The van der Waals surface area contributed by atoms with Crippen LogP contribution >= 0.6 is 0 Å². The van der Waals surface area contributed by atoms with Gasteiger partial charge in [0.25, 0.3) is 0 Å². The number of alkyl halides is 3. The van der Waals surface area contributed by atoms with E-state index in [0.717, 1.165) is 16.4 Å². The fourth-order valence-corrected chi connectivity index (χ4v) is 4.77. The van der Waals surface area contributed by atoms with E-state index in [0.29, 0.717) is 49.6 Å². The van der Waals surface area contributed by atoms with Gasteiger partial charge >= 0.3 is 6.18 Å². The lowest BCUT2D eigenvalue weighted by Gasteiger charge is -2.36. The first-order valence-electron chi connectivity index (χ1n) is 10.7. The van der Waals surface area contributed by atoms with E-state index in [2.05, 4.69) is 0 Å². The molecule has 1 heterocycles. The van der Waals surface area contributed by atoms with Crippen LogP contribution in [0.1, 0.15) is 17.5 Å². The minimum atomic E-state index is -4.40. The number of rotatable bonds is 7. The zero-order chi connectivity index (χ0) is 25.1. The SMILES string of the molecule is COc1ccc(S(=O)(=O)N(C)C)cc1CCC(=O)N1CCN(c2cccc(C(F)(F)F)c2)CC1. The van der Waals surface area contributed by atoms with E-state index in [-0.39, 0.29) is 17.2 Å². The van der Waals surface area contributed by atoms with Crippen LogP contribution in [0.15, 0.2) is 47.4 Å². The van der Waals surface area contributed by atoms with E-state index in [1.165, 1.54) is 39.4 Å². The fraction of sp³-hybridized carbons (Fsp3) is 0.435. The van der Waals surface area contributed by atoms with Crippen molar-refractivity contribution in [2.75, 3.05) is 52.3 Å². The van der Waals surface area contributed by atoms with E-state index >= 15 is 0 Å². The molecule has 0 aliphatic carbocycles. The summed E-state index contributed by atoms with van der Waals surface area (Å²) in [4.78, 5) is 16.4. The van der Waals surface area contributed by atoms with Crippen molar-refractivity contribution in [2.24, 2.45) is 0 Å². The van der Waals surface area contributed by atoms with Crippen LogP contribution in [-0.2, 0) is 27.4 Å². The summed E-state index contributed by atoms with van der Waals surface area (Å²) in [7, 11) is 0.751. The number of amides is 1. The van der Waals surface area contributed by atoms with Gasteiger partial charge in [-0.15, -0.1) is 0 Å². The summed E-state index contributed by atoms with van der Waals surface area (Å²) in [6.07, 6.45) is -3.95. The third kappa shape index (κ3) is 5.82. The number of piperazine rings is 1. The van der Waals surface area contributed by atoms with Gasteiger partial charge in [-0.25, -0.2) is 12.7 Å². The Morgan fingerprint density at radius 2 is 1.74 bits per heavy atom. The quantitative estimate of drug-likeness (QED) is 0.585. The predicted octanol–water partition coefficient (Wildman–Crippen LogP) is 3.25. The van der Waals surface area contributed by atoms with Crippen LogP contribution in [0.5, 0.6) is 5.75 Å². The molecule has 3 rings (SSSR count). The monoisotopic (exact) mass is 499 g/mol. The number of anilines is 1. The van der Waals surface area contributed by atoms with Crippen molar-refractivity contribution in [1.29, 1.82) is 0 Å². The summed E-state index contributed by atoms with van der Waals surface area (Å²) in [5, 5.41) is 0. The molecule has 0 N–H and O–H groups in total. The van der Waals surface area contributed by atoms with Gasteiger partial charge in [0.05, 0.1) is 17.6 Å². The minimum Gasteiger partial charge on any atom is -0.496 e. The summed E-state index contributed by atoms with van der Waals surface area (Å²) in [6, 6.07) is 9.74. The zero-order valence-electron chi connectivity index (χ0n) is 19.3. The first kappa shape index (κ1) is 25.8.